The number of carboxylic acid groups (broad SMARTS) is 1. The molecule has 0 unspecified atom stereocenters. The fourth-order valence-corrected chi connectivity index (χ4v) is 2.30. The van der Waals surface area contributed by atoms with Gasteiger partial charge in [-0.2, -0.15) is 0 Å². The van der Waals surface area contributed by atoms with Crippen LogP contribution in [0.5, 0.6) is 0 Å². The summed E-state index contributed by atoms with van der Waals surface area (Å²) in [6.07, 6.45) is 0.872. The first-order valence-corrected chi connectivity index (χ1v) is 8.42. The summed E-state index contributed by atoms with van der Waals surface area (Å²) in [6.45, 7) is 0.262. The molecule has 0 spiro atoms. The highest BCUT2D eigenvalue weighted by molar-refractivity contribution is 5.91. The van der Waals surface area contributed by atoms with Crippen LogP contribution in [0.2, 0.25) is 0 Å². The van der Waals surface area contributed by atoms with Crippen molar-refractivity contribution >= 4 is 17.8 Å². The maximum absolute atomic E-state index is 12.5. The van der Waals surface area contributed by atoms with Gasteiger partial charge in [0, 0.05) is 13.0 Å². The predicted molar refractivity (Wildman–Crippen MR) is 97.0 cm³/mol. The molecule has 0 fully saturated rings. The van der Waals surface area contributed by atoms with Crippen LogP contribution in [0.25, 0.3) is 0 Å². The third-order valence-corrected chi connectivity index (χ3v) is 3.82. The van der Waals surface area contributed by atoms with Crippen LogP contribution < -0.4 is 27.8 Å². The molecule has 1 rings (SSSR count). The van der Waals surface area contributed by atoms with Gasteiger partial charge in [0.25, 0.3) is 0 Å². The fourth-order valence-electron chi connectivity index (χ4n) is 2.30. The van der Waals surface area contributed by atoms with E-state index in [4.69, 9.17) is 17.2 Å². The fraction of sp³-hybridized carbons (Fsp3) is 0.471. The third-order valence-electron chi connectivity index (χ3n) is 3.82. The minimum atomic E-state index is -1.16. The number of nitrogens with two attached hydrogens (primary N) is 3. The minimum absolute atomic E-state index is 0.0666. The van der Waals surface area contributed by atoms with Crippen LogP contribution in [0.1, 0.15) is 18.4 Å². The van der Waals surface area contributed by atoms with Gasteiger partial charge in [-0.25, -0.2) is 4.79 Å². The summed E-state index contributed by atoms with van der Waals surface area (Å²) in [5.41, 5.74) is 17.1. The van der Waals surface area contributed by atoms with Crippen molar-refractivity contribution in [3.05, 3.63) is 35.9 Å². The van der Waals surface area contributed by atoms with Gasteiger partial charge in [0.2, 0.25) is 11.8 Å². The van der Waals surface area contributed by atoms with Gasteiger partial charge in [0.05, 0.1) is 6.04 Å². The van der Waals surface area contributed by atoms with E-state index < -0.39 is 35.9 Å². The summed E-state index contributed by atoms with van der Waals surface area (Å²) in [6, 6.07) is 5.95. The zero-order valence-electron chi connectivity index (χ0n) is 14.6. The van der Waals surface area contributed by atoms with Crippen molar-refractivity contribution in [3.63, 3.8) is 0 Å². The zero-order valence-corrected chi connectivity index (χ0v) is 14.6. The summed E-state index contributed by atoms with van der Waals surface area (Å²) in [5, 5.41) is 14.4. The molecule has 1 aromatic carbocycles. The van der Waals surface area contributed by atoms with Crippen LogP contribution in [0.3, 0.4) is 0 Å². The zero-order chi connectivity index (χ0) is 19.5. The summed E-state index contributed by atoms with van der Waals surface area (Å²) in [7, 11) is 0. The summed E-state index contributed by atoms with van der Waals surface area (Å²) >= 11 is 0. The highest BCUT2D eigenvalue weighted by Gasteiger charge is 2.27. The number of nitrogens with one attached hydrogen (secondary N) is 2. The van der Waals surface area contributed by atoms with Gasteiger partial charge in [-0.1, -0.05) is 30.3 Å². The standard InChI is InChI=1S/C17H27N5O4/c18-8-4-7-13(21-15(23)12(20)10-19)16(24)22-14(17(25)26)9-11-5-2-1-3-6-11/h1-3,5-6,12-14H,4,7-10,18-20H2,(H,21,23)(H,22,24)(H,25,26)/t12-,13-,14-/m0/s1. The molecule has 0 aliphatic heterocycles. The Morgan fingerprint density at radius 1 is 1.00 bits per heavy atom. The molecule has 0 bridgehead atoms. The van der Waals surface area contributed by atoms with Crippen molar-refractivity contribution in [2.75, 3.05) is 13.1 Å². The quantitative estimate of drug-likeness (QED) is 0.271. The first kappa shape index (κ1) is 21.6. The van der Waals surface area contributed by atoms with Crippen LogP contribution in [0.15, 0.2) is 30.3 Å². The van der Waals surface area contributed by atoms with Crippen LogP contribution in [0.4, 0.5) is 0 Å². The largest absolute Gasteiger partial charge is 0.480 e. The first-order valence-electron chi connectivity index (χ1n) is 8.42. The number of carbonyl (C=O) groups is 3. The molecule has 9 nitrogen and oxygen atoms in total. The maximum atomic E-state index is 12.5. The van der Waals surface area contributed by atoms with Crippen LogP contribution in [-0.2, 0) is 20.8 Å². The van der Waals surface area contributed by atoms with E-state index in [1.54, 1.807) is 24.3 Å². The number of benzene rings is 1. The molecule has 3 atom stereocenters. The van der Waals surface area contributed by atoms with Gasteiger partial charge in [0.1, 0.15) is 12.1 Å². The molecule has 0 aliphatic carbocycles. The molecule has 9 N–H and O–H groups in total. The van der Waals surface area contributed by atoms with Gasteiger partial charge in [-0.05, 0) is 24.9 Å². The van der Waals surface area contributed by atoms with Gasteiger partial charge in [0.15, 0.2) is 0 Å². The molecule has 0 radical (unpaired) electrons. The van der Waals surface area contributed by atoms with Crippen LogP contribution in [0, 0.1) is 0 Å². The van der Waals surface area contributed by atoms with Crippen molar-refractivity contribution in [2.24, 2.45) is 17.2 Å². The smallest absolute Gasteiger partial charge is 0.326 e. The normalized spacial score (nSPS) is 14.1. The van der Waals surface area contributed by atoms with E-state index in [-0.39, 0.29) is 19.4 Å². The van der Waals surface area contributed by atoms with Crippen molar-refractivity contribution in [2.45, 2.75) is 37.4 Å². The summed E-state index contributed by atoms with van der Waals surface area (Å²) < 4.78 is 0. The lowest BCUT2D eigenvalue weighted by molar-refractivity contribution is -0.142. The van der Waals surface area contributed by atoms with Crippen LogP contribution in [-0.4, -0.2) is 54.1 Å². The Bertz CT molecular complexity index is 596. The van der Waals surface area contributed by atoms with Gasteiger partial charge in [-0.15, -0.1) is 0 Å². The number of amides is 2. The molecule has 0 aliphatic rings. The monoisotopic (exact) mass is 365 g/mol. The third kappa shape index (κ3) is 7.18. The van der Waals surface area contributed by atoms with Crippen molar-refractivity contribution in [3.8, 4) is 0 Å². The number of carbonyl (C=O) groups excluding carboxylic acids is 2. The Morgan fingerprint density at radius 3 is 2.15 bits per heavy atom. The molecule has 144 valence electrons. The Labute approximate surface area is 152 Å². The van der Waals surface area contributed by atoms with E-state index >= 15 is 0 Å². The van der Waals surface area contributed by atoms with E-state index in [9.17, 15) is 19.5 Å². The number of hydrogen-bond acceptors (Lipinski definition) is 6. The molecule has 0 aromatic heterocycles. The Balaban J connectivity index is 2.79. The average molecular weight is 365 g/mol. The van der Waals surface area contributed by atoms with E-state index in [0.29, 0.717) is 13.0 Å². The summed E-state index contributed by atoms with van der Waals surface area (Å²) in [4.78, 5) is 35.9. The van der Waals surface area contributed by atoms with E-state index in [2.05, 4.69) is 10.6 Å². The second-order valence-electron chi connectivity index (χ2n) is 5.92. The first-order chi connectivity index (χ1) is 12.4. The van der Waals surface area contributed by atoms with Crippen molar-refractivity contribution < 1.29 is 19.5 Å². The van der Waals surface area contributed by atoms with Crippen LogP contribution >= 0.6 is 0 Å². The molecule has 26 heavy (non-hydrogen) atoms. The molecule has 1 aromatic rings. The summed E-state index contributed by atoms with van der Waals surface area (Å²) in [5.74, 6) is -2.33. The van der Waals surface area contributed by atoms with E-state index in [1.807, 2.05) is 6.07 Å². The Morgan fingerprint density at radius 2 is 1.62 bits per heavy atom. The Hall–Kier alpha value is -2.49. The highest BCUT2D eigenvalue weighted by Crippen LogP contribution is 2.05. The topological polar surface area (TPSA) is 174 Å². The molecule has 2 amide bonds. The van der Waals surface area contributed by atoms with Crippen molar-refractivity contribution in [1.82, 2.24) is 10.6 Å². The molecule has 0 saturated carbocycles. The van der Waals surface area contributed by atoms with Gasteiger partial charge < -0.3 is 32.9 Å². The second-order valence-corrected chi connectivity index (χ2v) is 5.92. The lowest BCUT2D eigenvalue weighted by Gasteiger charge is -2.22. The van der Waals surface area contributed by atoms with Gasteiger partial charge >= 0.3 is 5.97 Å². The van der Waals surface area contributed by atoms with Crippen molar-refractivity contribution in [1.29, 1.82) is 0 Å². The molecule has 0 heterocycles. The second kappa shape index (κ2) is 11.2. The molecule has 0 saturated heterocycles. The van der Waals surface area contributed by atoms with Gasteiger partial charge in [-0.3, -0.25) is 9.59 Å². The lowest BCUT2D eigenvalue weighted by Crippen LogP contribution is -2.56. The average Bonchev–Trinajstić information content (AvgIpc) is 2.64. The van der Waals surface area contributed by atoms with E-state index in [1.165, 1.54) is 0 Å². The molecular weight excluding hydrogens is 338 g/mol. The number of carboxylic acids is 1. The number of hydrogen-bond donors (Lipinski definition) is 6. The van der Waals surface area contributed by atoms with E-state index in [0.717, 1.165) is 5.56 Å². The SMILES string of the molecule is NCCC[C@H](NC(=O)[C@@H](N)CN)C(=O)N[C@@H](Cc1ccccc1)C(=O)O. The lowest BCUT2D eigenvalue weighted by atomic mass is 10.0. The highest BCUT2D eigenvalue weighted by atomic mass is 16.4. The maximum Gasteiger partial charge on any atom is 0.326 e. The molecular formula is C17H27N5O4. The predicted octanol–water partition coefficient (Wildman–Crippen LogP) is -1.69. The number of aliphatic carboxylic acids is 1. The minimum Gasteiger partial charge on any atom is -0.480 e. The Kier molecular flexibility index (Phi) is 9.27. The molecule has 9 heteroatoms. The number of rotatable bonds is 11.